The van der Waals surface area contributed by atoms with Gasteiger partial charge in [-0.2, -0.15) is 0 Å². The zero-order valence-electron chi connectivity index (χ0n) is 5.31. The van der Waals surface area contributed by atoms with Crippen molar-refractivity contribution < 1.29 is 24.6 Å². The van der Waals surface area contributed by atoms with E-state index in [1.54, 1.807) is 0 Å². The Morgan fingerprint density at radius 2 is 2.11 bits per heavy atom. The molecule has 1 aliphatic rings. The van der Waals surface area contributed by atoms with Crippen molar-refractivity contribution in [2.75, 3.05) is 13.2 Å². The predicted molar refractivity (Wildman–Crippen MR) is 34.0 cm³/mol. The van der Waals surface area contributed by atoms with E-state index < -0.39 is 0 Å². The van der Waals surface area contributed by atoms with Gasteiger partial charge in [-0.25, -0.2) is 0 Å². The zero-order chi connectivity index (χ0) is 6.53. The molecule has 1 aliphatic heterocycles. The third-order valence-corrected chi connectivity index (χ3v) is 5.60. The molecule has 0 N–H and O–H groups in total. The van der Waals surface area contributed by atoms with Crippen molar-refractivity contribution in [2.45, 2.75) is 17.7 Å². The summed E-state index contributed by atoms with van der Waals surface area (Å²) in [6.07, 6.45) is 1.23. The molecule has 2 nitrogen and oxygen atoms in total. The fraction of sp³-hybridized carbons (Fsp3) is 1.00. The van der Waals surface area contributed by atoms with Crippen LogP contribution in [-0.4, -0.2) is 19.5 Å². The van der Waals surface area contributed by atoms with E-state index in [4.69, 9.17) is 9.47 Å². The minimum atomic E-state index is -0.319. The molecule has 4 heteroatoms. The first-order valence-electron chi connectivity index (χ1n) is 3.22. The van der Waals surface area contributed by atoms with Gasteiger partial charge in [-0.05, 0) is 0 Å². The zero-order valence-corrected chi connectivity index (χ0v) is 9.86. The van der Waals surface area contributed by atoms with Gasteiger partial charge in [0.2, 0.25) is 0 Å². The van der Waals surface area contributed by atoms with Crippen molar-refractivity contribution in [1.82, 2.24) is 0 Å². The topological polar surface area (TPSA) is 18.5 Å². The Kier molecular flexibility index (Phi) is 4.31. The molecule has 1 heterocycles. The first kappa shape index (κ1) is 8.12. The van der Waals surface area contributed by atoms with Crippen LogP contribution < -0.4 is 0 Å². The summed E-state index contributed by atoms with van der Waals surface area (Å²) in [5.41, 5.74) is 0. The average Bonchev–Trinajstić information content (AvgIpc) is 2.34. The summed E-state index contributed by atoms with van der Waals surface area (Å²) in [4.78, 5) is 0. The Morgan fingerprint density at radius 3 is 2.67 bits per heavy atom. The fourth-order valence-corrected chi connectivity index (χ4v) is 3.52. The van der Waals surface area contributed by atoms with Crippen LogP contribution in [0.5, 0.6) is 0 Å². The molecule has 0 spiro atoms. The van der Waals surface area contributed by atoms with Crippen LogP contribution in [0.2, 0.25) is 5.02 Å². The summed E-state index contributed by atoms with van der Waals surface area (Å²) in [5.74, 6) is 0. The first-order chi connectivity index (χ1) is 4.43. The van der Waals surface area contributed by atoms with Crippen LogP contribution in [0.3, 0.4) is 0 Å². The van der Waals surface area contributed by atoms with Crippen LogP contribution in [-0.2, 0) is 24.6 Å². The Labute approximate surface area is 69.2 Å². The Balaban J connectivity index is 1.98. The van der Waals surface area contributed by atoms with Crippen molar-refractivity contribution in [3.05, 3.63) is 0 Å². The molecule has 0 saturated carbocycles. The SMILES string of the molecule is [Br][Zn][CH2]CC1OCCO1. The maximum absolute atomic E-state index is 5.24. The van der Waals surface area contributed by atoms with Crippen molar-refractivity contribution in [3.63, 3.8) is 0 Å². The van der Waals surface area contributed by atoms with E-state index in [0.717, 1.165) is 19.6 Å². The van der Waals surface area contributed by atoms with Crippen LogP contribution in [0.15, 0.2) is 0 Å². The number of rotatable bonds is 3. The van der Waals surface area contributed by atoms with Gasteiger partial charge < -0.3 is 0 Å². The van der Waals surface area contributed by atoms with Gasteiger partial charge in [0.1, 0.15) is 0 Å². The number of ether oxygens (including phenoxy) is 2. The molecule has 0 atom stereocenters. The molecular weight excluding hydrogens is 237 g/mol. The molecule has 9 heavy (non-hydrogen) atoms. The van der Waals surface area contributed by atoms with Gasteiger partial charge in [0, 0.05) is 0 Å². The van der Waals surface area contributed by atoms with Gasteiger partial charge in [-0.15, -0.1) is 0 Å². The summed E-state index contributed by atoms with van der Waals surface area (Å²) >= 11 is 3.21. The molecule has 1 fully saturated rings. The van der Waals surface area contributed by atoms with Crippen molar-refractivity contribution in [1.29, 1.82) is 0 Å². The molecule has 0 aromatic heterocycles. The second-order valence-corrected chi connectivity index (χ2v) is 8.40. The van der Waals surface area contributed by atoms with Gasteiger partial charge >= 0.3 is 69.2 Å². The standard InChI is InChI=1S/C5H9O2.BrH.Zn/c1-2-5-6-3-4-7-5;;/h5H,1-4H2;1H;/q;;+1/p-1. The average molecular weight is 246 g/mol. The van der Waals surface area contributed by atoms with E-state index in [9.17, 15) is 0 Å². The molecule has 1 saturated heterocycles. The molecule has 0 aromatic rings. The molecule has 50 valence electrons. The van der Waals surface area contributed by atoms with Crippen LogP contribution in [0.1, 0.15) is 6.42 Å². The van der Waals surface area contributed by atoms with Gasteiger partial charge in [0.05, 0.1) is 0 Å². The van der Waals surface area contributed by atoms with E-state index in [2.05, 4.69) is 13.6 Å². The third-order valence-electron chi connectivity index (χ3n) is 1.26. The predicted octanol–water partition coefficient (Wildman–Crippen LogP) is 1.56. The molecule has 0 amide bonds. The van der Waals surface area contributed by atoms with E-state index >= 15 is 0 Å². The fourth-order valence-electron chi connectivity index (χ4n) is 0.818. The molecule has 0 bridgehead atoms. The monoisotopic (exact) mass is 244 g/mol. The Bertz CT molecular complexity index is 75.4. The number of halogens is 1. The molecular formula is C5H9BrO2Zn. The van der Waals surface area contributed by atoms with E-state index in [1.807, 2.05) is 0 Å². The Morgan fingerprint density at radius 1 is 1.44 bits per heavy atom. The van der Waals surface area contributed by atoms with E-state index in [0.29, 0.717) is 0 Å². The van der Waals surface area contributed by atoms with Gasteiger partial charge in [-0.1, -0.05) is 0 Å². The molecule has 0 aliphatic carbocycles. The second kappa shape index (κ2) is 4.78. The maximum atomic E-state index is 5.24. The number of hydrogen-bond acceptors (Lipinski definition) is 2. The number of hydrogen-bond donors (Lipinski definition) is 0. The van der Waals surface area contributed by atoms with Gasteiger partial charge in [0.25, 0.3) is 0 Å². The van der Waals surface area contributed by atoms with Gasteiger partial charge in [0.15, 0.2) is 0 Å². The van der Waals surface area contributed by atoms with E-state index in [1.165, 1.54) is 5.02 Å². The van der Waals surface area contributed by atoms with E-state index in [-0.39, 0.29) is 21.5 Å². The summed E-state index contributed by atoms with van der Waals surface area (Å²) in [6, 6.07) is 0. The minimum absolute atomic E-state index is 0.133. The van der Waals surface area contributed by atoms with Crippen LogP contribution in [0.4, 0.5) is 0 Å². The summed E-state index contributed by atoms with van der Waals surface area (Å²) in [5, 5.41) is 1.32. The molecule has 1 rings (SSSR count). The quantitative estimate of drug-likeness (QED) is 0.704. The van der Waals surface area contributed by atoms with Crippen molar-refractivity contribution in [2.24, 2.45) is 0 Å². The van der Waals surface area contributed by atoms with Gasteiger partial charge in [-0.3, -0.25) is 0 Å². The first-order valence-corrected chi connectivity index (χ1v) is 12.3. The third kappa shape index (κ3) is 3.08. The normalized spacial score (nSPS) is 20.1. The Hall–Kier alpha value is 1.02. The van der Waals surface area contributed by atoms with Crippen LogP contribution in [0, 0.1) is 0 Å². The molecule has 0 aromatic carbocycles. The molecule has 0 unspecified atom stereocenters. The summed E-state index contributed by atoms with van der Waals surface area (Å²) < 4.78 is 10.5. The van der Waals surface area contributed by atoms with Crippen molar-refractivity contribution >= 4 is 13.6 Å². The summed E-state index contributed by atoms with van der Waals surface area (Å²) in [6.45, 7) is 1.58. The molecule has 0 radical (unpaired) electrons. The second-order valence-electron chi connectivity index (χ2n) is 2.00. The van der Waals surface area contributed by atoms with Crippen LogP contribution >= 0.6 is 13.6 Å². The summed E-state index contributed by atoms with van der Waals surface area (Å²) in [7, 11) is 0. The van der Waals surface area contributed by atoms with Crippen LogP contribution in [0.25, 0.3) is 0 Å². The van der Waals surface area contributed by atoms with Crippen molar-refractivity contribution in [3.8, 4) is 0 Å².